The lowest BCUT2D eigenvalue weighted by Gasteiger charge is -2.56. The summed E-state index contributed by atoms with van der Waals surface area (Å²) < 4.78 is 12.9. The van der Waals surface area contributed by atoms with Gasteiger partial charge >= 0.3 is 11.7 Å². The van der Waals surface area contributed by atoms with E-state index in [0.717, 1.165) is 29.0 Å². The molecule has 3 N–H and O–H groups in total. The van der Waals surface area contributed by atoms with Gasteiger partial charge in [0.1, 0.15) is 18.6 Å². The number of nitrogens with one attached hydrogen (secondary N) is 1. The van der Waals surface area contributed by atoms with Crippen LogP contribution in [0, 0.1) is 17.8 Å². The van der Waals surface area contributed by atoms with Gasteiger partial charge in [0.2, 0.25) is 0 Å². The van der Waals surface area contributed by atoms with E-state index in [1.807, 2.05) is 36.5 Å². The standard InChI is InChI=1S/C31H33N5O4/c32-29(38)31(39-11-12-40-31)26(16-20-5-2-1-3-6-20)34-28(37)24-7-4-9-33-27(24)36-10-8-25(35-36)30-17-21-13-22(18-30)15-23(14-21)19-30/h1-12,21-23,26H,13-19H2,(H2,32,38)(H,34,37). The highest BCUT2D eigenvalue weighted by Gasteiger charge is 2.53. The van der Waals surface area contributed by atoms with Crippen molar-refractivity contribution in [2.75, 3.05) is 0 Å². The fourth-order valence-electron chi connectivity index (χ4n) is 8.01. The highest BCUT2D eigenvalue weighted by atomic mass is 16.7. The van der Waals surface area contributed by atoms with Crippen molar-refractivity contribution in [3.63, 3.8) is 0 Å². The average molecular weight is 540 g/mol. The summed E-state index contributed by atoms with van der Waals surface area (Å²) in [5.41, 5.74) is 8.19. The zero-order valence-corrected chi connectivity index (χ0v) is 22.2. The Labute approximate surface area is 232 Å². The van der Waals surface area contributed by atoms with Crippen LogP contribution in [0.2, 0.25) is 0 Å². The van der Waals surface area contributed by atoms with Crippen LogP contribution >= 0.6 is 0 Å². The van der Waals surface area contributed by atoms with E-state index in [9.17, 15) is 9.59 Å². The lowest BCUT2D eigenvalue weighted by molar-refractivity contribution is -0.182. The van der Waals surface area contributed by atoms with Gasteiger partial charge in [-0.3, -0.25) is 9.59 Å². The first-order valence-electron chi connectivity index (χ1n) is 14.1. The molecule has 3 heterocycles. The molecule has 4 bridgehead atoms. The number of hydrogen-bond donors (Lipinski definition) is 2. The summed E-state index contributed by atoms with van der Waals surface area (Å²) >= 11 is 0. The zero-order valence-electron chi connectivity index (χ0n) is 22.2. The Morgan fingerprint density at radius 1 is 0.975 bits per heavy atom. The Hall–Kier alpha value is -4.14. The number of amides is 2. The van der Waals surface area contributed by atoms with Crippen LogP contribution in [0.25, 0.3) is 5.82 Å². The van der Waals surface area contributed by atoms with E-state index in [-0.39, 0.29) is 11.8 Å². The normalized spacial score (nSPS) is 28.1. The summed E-state index contributed by atoms with van der Waals surface area (Å²) in [7, 11) is 0. The minimum Gasteiger partial charge on any atom is -0.447 e. The van der Waals surface area contributed by atoms with Gasteiger partial charge in [-0.25, -0.2) is 9.67 Å². The molecule has 1 atom stereocenters. The first-order chi connectivity index (χ1) is 19.4. The molecule has 1 aromatic carbocycles. The molecule has 2 amide bonds. The quantitative estimate of drug-likeness (QED) is 0.450. The monoisotopic (exact) mass is 539 g/mol. The summed E-state index contributed by atoms with van der Waals surface area (Å²) in [5, 5.41) is 7.98. The highest BCUT2D eigenvalue weighted by molar-refractivity contribution is 5.98. The topological polar surface area (TPSA) is 121 Å². The number of primary amides is 1. The molecular weight excluding hydrogens is 506 g/mol. The molecule has 1 aliphatic heterocycles. The smallest absolute Gasteiger partial charge is 0.352 e. The van der Waals surface area contributed by atoms with Gasteiger partial charge in [-0.05, 0) is 80.0 Å². The Morgan fingerprint density at radius 3 is 2.30 bits per heavy atom. The van der Waals surface area contributed by atoms with Gasteiger partial charge < -0.3 is 20.5 Å². The maximum Gasteiger partial charge on any atom is 0.352 e. The number of nitrogens with zero attached hydrogens (tertiary/aromatic N) is 3. The Morgan fingerprint density at radius 2 is 1.65 bits per heavy atom. The van der Waals surface area contributed by atoms with E-state index in [0.29, 0.717) is 11.4 Å². The molecule has 206 valence electrons. The molecular formula is C31H33N5O4. The van der Waals surface area contributed by atoms with Gasteiger partial charge in [0, 0.05) is 24.2 Å². The van der Waals surface area contributed by atoms with Crippen LogP contribution in [0.1, 0.15) is 60.1 Å². The fraction of sp³-hybridized carbons (Fsp3) is 0.419. The highest BCUT2D eigenvalue weighted by Crippen LogP contribution is 2.60. The first-order valence-corrected chi connectivity index (χ1v) is 14.1. The molecule has 9 heteroatoms. The maximum absolute atomic E-state index is 13.8. The molecule has 0 radical (unpaired) electrons. The van der Waals surface area contributed by atoms with Crippen LogP contribution in [-0.2, 0) is 26.1 Å². The van der Waals surface area contributed by atoms with E-state index >= 15 is 0 Å². The van der Waals surface area contributed by atoms with Crippen molar-refractivity contribution in [2.45, 2.75) is 62.2 Å². The van der Waals surface area contributed by atoms with Crippen LogP contribution in [0.4, 0.5) is 0 Å². The molecule has 0 spiro atoms. The largest absolute Gasteiger partial charge is 0.447 e. The minimum absolute atomic E-state index is 0.135. The van der Waals surface area contributed by atoms with Gasteiger partial charge in [-0.2, -0.15) is 5.10 Å². The van der Waals surface area contributed by atoms with Crippen molar-refractivity contribution in [3.8, 4) is 5.82 Å². The molecule has 40 heavy (non-hydrogen) atoms. The summed E-state index contributed by atoms with van der Waals surface area (Å²) in [6.07, 6.45) is 14.1. The first kappa shape index (κ1) is 24.9. The second-order valence-electron chi connectivity index (χ2n) is 12.0. The SMILES string of the molecule is NC(=O)C1(C(Cc2ccccc2)NC(=O)c2cccnc2-n2ccc(C34CC5CC(CC(C5)C3)C4)n2)OC=CO1. The third kappa shape index (κ3) is 4.15. The second kappa shape index (κ2) is 9.50. The van der Waals surface area contributed by atoms with Crippen molar-refractivity contribution < 1.29 is 19.1 Å². The summed E-state index contributed by atoms with van der Waals surface area (Å²) in [6.45, 7) is 0. The Bertz CT molecular complexity index is 1420. The number of nitrogens with two attached hydrogens (primary N) is 1. The van der Waals surface area contributed by atoms with Crippen molar-refractivity contribution in [2.24, 2.45) is 23.5 Å². The van der Waals surface area contributed by atoms with Gasteiger partial charge in [0.05, 0.1) is 11.3 Å². The predicted molar refractivity (Wildman–Crippen MR) is 146 cm³/mol. The van der Waals surface area contributed by atoms with Gasteiger partial charge in [-0.15, -0.1) is 0 Å². The summed E-state index contributed by atoms with van der Waals surface area (Å²) in [6, 6.07) is 14.1. The molecule has 4 saturated carbocycles. The van der Waals surface area contributed by atoms with Crippen LogP contribution in [0.15, 0.2) is 73.4 Å². The number of hydrogen-bond acceptors (Lipinski definition) is 6. The minimum atomic E-state index is -1.87. The number of pyridine rings is 1. The second-order valence-corrected chi connectivity index (χ2v) is 12.0. The third-order valence-electron chi connectivity index (χ3n) is 9.35. The van der Waals surface area contributed by atoms with E-state index < -0.39 is 23.6 Å². The van der Waals surface area contributed by atoms with Crippen molar-refractivity contribution in [1.82, 2.24) is 20.1 Å². The van der Waals surface area contributed by atoms with Gasteiger partial charge in [-0.1, -0.05) is 30.3 Å². The van der Waals surface area contributed by atoms with Crippen LogP contribution in [-0.4, -0.2) is 38.4 Å². The van der Waals surface area contributed by atoms with E-state index in [2.05, 4.69) is 16.4 Å². The van der Waals surface area contributed by atoms with Crippen molar-refractivity contribution >= 4 is 11.8 Å². The molecule has 4 aliphatic carbocycles. The molecule has 9 nitrogen and oxygen atoms in total. The number of carbonyl (C=O) groups excluding carboxylic acids is 2. The number of aromatic nitrogens is 3. The van der Waals surface area contributed by atoms with Crippen LogP contribution < -0.4 is 11.1 Å². The number of carbonyl (C=O) groups is 2. The fourth-order valence-corrected chi connectivity index (χ4v) is 8.01. The van der Waals surface area contributed by atoms with Crippen LogP contribution in [0.5, 0.6) is 0 Å². The third-order valence-corrected chi connectivity index (χ3v) is 9.35. The van der Waals surface area contributed by atoms with E-state index in [4.69, 9.17) is 20.3 Å². The van der Waals surface area contributed by atoms with Gasteiger partial charge in [0.15, 0.2) is 5.82 Å². The number of benzene rings is 1. The maximum atomic E-state index is 13.8. The Kier molecular flexibility index (Phi) is 5.91. The van der Waals surface area contributed by atoms with Crippen molar-refractivity contribution in [3.05, 3.63) is 90.3 Å². The van der Waals surface area contributed by atoms with Crippen LogP contribution in [0.3, 0.4) is 0 Å². The number of ether oxygens (including phenoxy) is 2. The molecule has 5 aliphatic rings. The average Bonchev–Trinajstić information content (AvgIpc) is 3.64. The Balaban J connectivity index is 1.18. The lowest BCUT2D eigenvalue weighted by Crippen LogP contribution is -2.61. The lowest BCUT2D eigenvalue weighted by atomic mass is 9.49. The zero-order chi connectivity index (χ0) is 27.3. The summed E-state index contributed by atoms with van der Waals surface area (Å²) in [4.78, 5) is 30.9. The van der Waals surface area contributed by atoms with Gasteiger partial charge in [0.25, 0.3) is 5.91 Å². The van der Waals surface area contributed by atoms with E-state index in [1.54, 1.807) is 23.0 Å². The predicted octanol–water partition coefficient (Wildman–Crippen LogP) is 3.78. The molecule has 1 unspecified atom stereocenters. The molecule has 4 fully saturated rings. The van der Waals surface area contributed by atoms with Crippen molar-refractivity contribution in [1.29, 1.82) is 0 Å². The number of rotatable bonds is 8. The molecule has 8 rings (SSSR count). The molecule has 0 saturated heterocycles. The summed E-state index contributed by atoms with van der Waals surface area (Å²) in [5.74, 6) is -0.295. The molecule has 2 aromatic heterocycles. The van der Waals surface area contributed by atoms with E-state index in [1.165, 1.54) is 51.0 Å². The molecule has 3 aromatic rings.